The van der Waals surface area contributed by atoms with E-state index in [9.17, 15) is 9.59 Å². The SMILES string of the molecule is CCNC(=O)C1CCN(C(=O)CCCOc2ccccc2)CC1. The van der Waals surface area contributed by atoms with Crippen LogP contribution in [0, 0.1) is 5.92 Å². The first-order valence-electron chi connectivity index (χ1n) is 8.44. The number of ether oxygens (including phenoxy) is 1. The van der Waals surface area contributed by atoms with Crippen molar-refractivity contribution in [3.8, 4) is 5.75 Å². The van der Waals surface area contributed by atoms with Crippen molar-refractivity contribution in [1.29, 1.82) is 0 Å². The number of nitrogens with zero attached hydrogens (tertiary/aromatic N) is 1. The number of piperidine rings is 1. The second kappa shape index (κ2) is 9.18. The van der Waals surface area contributed by atoms with E-state index in [0.717, 1.165) is 18.6 Å². The molecule has 0 atom stereocenters. The van der Waals surface area contributed by atoms with Crippen LogP contribution in [-0.2, 0) is 9.59 Å². The minimum absolute atomic E-state index is 0.0559. The van der Waals surface area contributed by atoms with Crippen molar-refractivity contribution in [2.75, 3.05) is 26.2 Å². The van der Waals surface area contributed by atoms with Crippen LogP contribution < -0.4 is 10.1 Å². The number of nitrogens with one attached hydrogen (secondary N) is 1. The Labute approximate surface area is 138 Å². The van der Waals surface area contributed by atoms with Gasteiger partial charge in [-0.15, -0.1) is 0 Å². The Bertz CT molecular complexity index is 496. The molecule has 0 radical (unpaired) electrons. The van der Waals surface area contributed by atoms with Crippen molar-refractivity contribution in [1.82, 2.24) is 10.2 Å². The van der Waals surface area contributed by atoms with Crippen LogP contribution in [0.5, 0.6) is 5.75 Å². The molecule has 0 bridgehead atoms. The standard InChI is InChI=1S/C18H26N2O3/c1-2-19-18(22)15-10-12-20(13-11-15)17(21)9-6-14-23-16-7-4-3-5-8-16/h3-5,7-8,15H,2,6,9-14H2,1H3,(H,19,22). The molecule has 1 aromatic carbocycles. The lowest BCUT2D eigenvalue weighted by Gasteiger charge is -2.31. The Hall–Kier alpha value is -2.04. The maximum absolute atomic E-state index is 12.2. The van der Waals surface area contributed by atoms with Gasteiger partial charge in [-0.3, -0.25) is 9.59 Å². The minimum atomic E-state index is 0.0559. The maximum Gasteiger partial charge on any atom is 0.223 e. The molecule has 1 aromatic rings. The van der Waals surface area contributed by atoms with Gasteiger partial charge in [0.15, 0.2) is 0 Å². The third kappa shape index (κ3) is 5.58. The Morgan fingerprint density at radius 1 is 1.22 bits per heavy atom. The van der Waals surface area contributed by atoms with Gasteiger partial charge < -0.3 is 15.0 Å². The van der Waals surface area contributed by atoms with E-state index >= 15 is 0 Å². The van der Waals surface area contributed by atoms with Crippen LogP contribution in [0.2, 0.25) is 0 Å². The van der Waals surface area contributed by atoms with Crippen molar-refractivity contribution in [3.63, 3.8) is 0 Å². The van der Waals surface area contributed by atoms with Crippen LogP contribution in [0.3, 0.4) is 0 Å². The summed E-state index contributed by atoms with van der Waals surface area (Å²) < 4.78 is 5.60. The molecule has 0 unspecified atom stereocenters. The van der Waals surface area contributed by atoms with E-state index < -0.39 is 0 Å². The zero-order valence-corrected chi connectivity index (χ0v) is 13.8. The molecular formula is C18H26N2O3. The number of rotatable bonds is 7. The van der Waals surface area contributed by atoms with Crippen LogP contribution in [-0.4, -0.2) is 43.0 Å². The predicted octanol–water partition coefficient (Wildman–Crippen LogP) is 2.22. The quantitative estimate of drug-likeness (QED) is 0.784. The van der Waals surface area contributed by atoms with Gasteiger partial charge in [0.25, 0.3) is 0 Å². The fourth-order valence-corrected chi connectivity index (χ4v) is 2.80. The molecular weight excluding hydrogens is 292 g/mol. The number of para-hydroxylation sites is 1. The molecule has 5 nitrogen and oxygen atoms in total. The van der Waals surface area contributed by atoms with Gasteiger partial charge in [-0.05, 0) is 38.3 Å². The van der Waals surface area contributed by atoms with Crippen LogP contribution >= 0.6 is 0 Å². The molecule has 1 aliphatic rings. The van der Waals surface area contributed by atoms with Gasteiger partial charge in [0.1, 0.15) is 5.75 Å². The highest BCUT2D eigenvalue weighted by Gasteiger charge is 2.26. The van der Waals surface area contributed by atoms with Gasteiger partial charge in [-0.2, -0.15) is 0 Å². The van der Waals surface area contributed by atoms with Crippen molar-refractivity contribution >= 4 is 11.8 Å². The molecule has 1 aliphatic heterocycles. The van der Waals surface area contributed by atoms with E-state index in [1.165, 1.54) is 0 Å². The average Bonchev–Trinajstić information content (AvgIpc) is 2.60. The lowest BCUT2D eigenvalue weighted by Crippen LogP contribution is -2.43. The van der Waals surface area contributed by atoms with E-state index in [-0.39, 0.29) is 17.7 Å². The van der Waals surface area contributed by atoms with E-state index in [1.807, 2.05) is 42.2 Å². The number of hydrogen-bond acceptors (Lipinski definition) is 3. The molecule has 1 N–H and O–H groups in total. The molecule has 126 valence electrons. The average molecular weight is 318 g/mol. The molecule has 1 fully saturated rings. The molecule has 5 heteroatoms. The van der Waals surface area contributed by atoms with Crippen molar-refractivity contribution in [2.45, 2.75) is 32.6 Å². The molecule has 1 saturated heterocycles. The second-order valence-electron chi connectivity index (χ2n) is 5.81. The summed E-state index contributed by atoms with van der Waals surface area (Å²) in [7, 11) is 0. The Kier molecular flexibility index (Phi) is 6.91. The topological polar surface area (TPSA) is 58.6 Å². The zero-order chi connectivity index (χ0) is 16.5. The molecule has 0 aromatic heterocycles. The lowest BCUT2D eigenvalue weighted by molar-refractivity contribution is -0.135. The number of carbonyl (C=O) groups excluding carboxylic acids is 2. The normalized spacial score (nSPS) is 15.3. The van der Waals surface area contributed by atoms with E-state index in [1.54, 1.807) is 0 Å². The number of hydrogen-bond donors (Lipinski definition) is 1. The molecule has 0 saturated carbocycles. The summed E-state index contributed by atoms with van der Waals surface area (Å²) in [5, 5.41) is 2.86. The van der Waals surface area contributed by atoms with Crippen molar-refractivity contribution in [2.24, 2.45) is 5.92 Å². The fourth-order valence-electron chi connectivity index (χ4n) is 2.80. The molecule has 1 heterocycles. The van der Waals surface area contributed by atoms with Gasteiger partial charge in [0.05, 0.1) is 6.61 Å². The second-order valence-corrected chi connectivity index (χ2v) is 5.81. The molecule has 2 rings (SSSR count). The number of amides is 2. The summed E-state index contributed by atoms with van der Waals surface area (Å²) in [5.74, 6) is 1.18. The van der Waals surface area contributed by atoms with Crippen molar-refractivity contribution < 1.29 is 14.3 Å². The predicted molar refractivity (Wildman–Crippen MR) is 89.2 cm³/mol. The van der Waals surface area contributed by atoms with Gasteiger partial charge in [0, 0.05) is 32.0 Å². The molecule has 0 spiro atoms. The minimum Gasteiger partial charge on any atom is -0.494 e. The number of benzene rings is 1. The highest BCUT2D eigenvalue weighted by atomic mass is 16.5. The maximum atomic E-state index is 12.2. The molecule has 23 heavy (non-hydrogen) atoms. The molecule has 2 amide bonds. The highest BCUT2D eigenvalue weighted by Crippen LogP contribution is 2.18. The van der Waals surface area contributed by atoms with Crippen LogP contribution in [0.15, 0.2) is 30.3 Å². The summed E-state index contributed by atoms with van der Waals surface area (Å²) in [6.45, 7) is 4.50. The summed E-state index contributed by atoms with van der Waals surface area (Å²) in [6, 6.07) is 9.63. The molecule has 0 aliphatic carbocycles. The van der Waals surface area contributed by atoms with E-state index in [2.05, 4.69) is 5.32 Å². The fraction of sp³-hybridized carbons (Fsp3) is 0.556. The summed E-state index contributed by atoms with van der Waals surface area (Å²) in [4.78, 5) is 25.8. The largest absolute Gasteiger partial charge is 0.494 e. The summed E-state index contributed by atoms with van der Waals surface area (Å²) in [6.07, 6.45) is 2.73. The number of likely N-dealkylation sites (tertiary alicyclic amines) is 1. The number of carbonyl (C=O) groups is 2. The first-order chi connectivity index (χ1) is 11.2. The van der Waals surface area contributed by atoms with E-state index in [4.69, 9.17) is 4.74 Å². The summed E-state index contributed by atoms with van der Waals surface area (Å²) in [5.41, 5.74) is 0. The Morgan fingerprint density at radius 2 is 1.91 bits per heavy atom. The first-order valence-corrected chi connectivity index (χ1v) is 8.44. The summed E-state index contributed by atoms with van der Waals surface area (Å²) >= 11 is 0. The third-order valence-electron chi connectivity index (χ3n) is 4.12. The Morgan fingerprint density at radius 3 is 2.57 bits per heavy atom. The zero-order valence-electron chi connectivity index (χ0n) is 13.8. The van der Waals surface area contributed by atoms with Gasteiger partial charge in [-0.1, -0.05) is 18.2 Å². The van der Waals surface area contributed by atoms with Gasteiger partial charge in [0.2, 0.25) is 11.8 Å². The highest BCUT2D eigenvalue weighted by molar-refractivity contribution is 5.80. The lowest BCUT2D eigenvalue weighted by atomic mass is 9.95. The van der Waals surface area contributed by atoms with Crippen LogP contribution in [0.1, 0.15) is 32.6 Å². The third-order valence-corrected chi connectivity index (χ3v) is 4.12. The van der Waals surface area contributed by atoms with Gasteiger partial charge >= 0.3 is 0 Å². The van der Waals surface area contributed by atoms with Gasteiger partial charge in [-0.25, -0.2) is 0 Å². The van der Waals surface area contributed by atoms with Crippen LogP contribution in [0.4, 0.5) is 0 Å². The van der Waals surface area contributed by atoms with Crippen LogP contribution in [0.25, 0.3) is 0 Å². The Balaban J connectivity index is 1.62. The first kappa shape index (κ1) is 17.3. The smallest absolute Gasteiger partial charge is 0.223 e. The van der Waals surface area contributed by atoms with Crippen molar-refractivity contribution in [3.05, 3.63) is 30.3 Å². The van der Waals surface area contributed by atoms with E-state index in [0.29, 0.717) is 39.1 Å². The monoisotopic (exact) mass is 318 g/mol.